The highest BCUT2D eigenvalue weighted by Gasteiger charge is 2.48. The zero-order valence-corrected chi connectivity index (χ0v) is 18.0. The van der Waals surface area contributed by atoms with Gasteiger partial charge in [-0.3, -0.25) is 14.5 Å². The van der Waals surface area contributed by atoms with E-state index in [9.17, 15) is 19.1 Å². The van der Waals surface area contributed by atoms with Crippen LogP contribution in [0.25, 0.3) is 16.5 Å². The molecule has 1 saturated heterocycles. The van der Waals surface area contributed by atoms with Crippen LogP contribution in [0.4, 0.5) is 9.52 Å². The zero-order valence-electron chi connectivity index (χ0n) is 17.2. The number of Topliss-reactive ketones (excluding diaryl/α,β-unsaturated/α-hetero) is 1. The molecule has 1 aromatic heterocycles. The maximum atomic E-state index is 14.1. The van der Waals surface area contributed by atoms with Gasteiger partial charge in [0.2, 0.25) is 5.13 Å². The largest absolute Gasteiger partial charge is 0.507 e. The van der Waals surface area contributed by atoms with Crippen LogP contribution in [0.2, 0.25) is 0 Å². The number of ketones is 1. The number of fused-ring (bicyclic) bond motifs is 1. The highest BCUT2D eigenvalue weighted by Crippen LogP contribution is 2.42. The third kappa shape index (κ3) is 3.52. The third-order valence-corrected chi connectivity index (χ3v) is 6.17. The minimum absolute atomic E-state index is 0.145. The summed E-state index contributed by atoms with van der Waals surface area (Å²) in [5, 5.41) is 20.7. The number of ether oxygens (including phenoxy) is 1. The number of aliphatic hydroxyl groups is 1. The highest BCUT2D eigenvalue weighted by molar-refractivity contribution is 7.13. The van der Waals surface area contributed by atoms with Crippen LogP contribution in [0.15, 0.2) is 71.7 Å². The molecule has 0 saturated carbocycles. The Kier molecular flexibility index (Phi) is 5.10. The second-order valence-corrected chi connectivity index (χ2v) is 8.18. The van der Waals surface area contributed by atoms with Crippen molar-refractivity contribution in [2.75, 3.05) is 12.0 Å². The van der Waals surface area contributed by atoms with Gasteiger partial charge in [-0.2, -0.15) is 0 Å². The molecule has 1 aliphatic rings. The Balaban J connectivity index is 1.70. The molecule has 2 heterocycles. The number of rotatable bonds is 4. The molecule has 0 bridgehead atoms. The smallest absolute Gasteiger partial charge is 0.301 e. The van der Waals surface area contributed by atoms with Gasteiger partial charge < -0.3 is 9.84 Å². The van der Waals surface area contributed by atoms with Gasteiger partial charge in [0, 0.05) is 5.56 Å². The number of hydrogen-bond donors (Lipinski definition) is 1. The summed E-state index contributed by atoms with van der Waals surface area (Å²) < 4.78 is 19.3. The van der Waals surface area contributed by atoms with E-state index in [1.807, 2.05) is 12.1 Å². The number of benzene rings is 3. The zero-order chi connectivity index (χ0) is 23.1. The molecule has 1 aliphatic heterocycles. The van der Waals surface area contributed by atoms with Crippen molar-refractivity contribution in [3.05, 3.63) is 88.7 Å². The van der Waals surface area contributed by atoms with Crippen LogP contribution in [0.5, 0.6) is 5.75 Å². The normalized spacial score (nSPS) is 17.6. The molecule has 4 aromatic rings. The summed E-state index contributed by atoms with van der Waals surface area (Å²) in [5.74, 6) is -1.95. The van der Waals surface area contributed by atoms with E-state index in [1.165, 1.54) is 23.7 Å². The van der Waals surface area contributed by atoms with Gasteiger partial charge in [0.15, 0.2) is 0 Å². The molecule has 1 unspecified atom stereocenters. The summed E-state index contributed by atoms with van der Waals surface area (Å²) in [6.45, 7) is 0. The first-order valence-electron chi connectivity index (χ1n) is 9.89. The van der Waals surface area contributed by atoms with Crippen LogP contribution >= 0.6 is 11.3 Å². The molecule has 0 aliphatic carbocycles. The Bertz CT molecular complexity index is 1430. The van der Waals surface area contributed by atoms with Crippen molar-refractivity contribution in [3.63, 3.8) is 0 Å². The molecule has 0 radical (unpaired) electrons. The van der Waals surface area contributed by atoms with Crippen molar-refractivity contribution in [1.82, 2.24) is 10.2 Å². The van der Waals surface area contributed by atoms with Gasteiger partial charge in [0.05, 0.1) is 18.7 Å². The second kappa shape index (κ2) is 8.10. The molecule has 1 fully saturated rings. The lowest BCUT2D eigenvalue weighted by Gasteiger charge is -2.22. The van der Waals surface area contributed by atoms with Crippen LogP contribution in [-0.2, 0) is 9.59 Å². The third-order valence-electron chi connectivity index (χ3n) is 5.48. The van der Waals surface area contributed by atoms with Gasteiger partial charge in [0.25, 0.3) is 5.78 Å². The van der Waals surface area contributed by atoms with E-state index in [2.05, 4.69) is 10.2 Å². The Hall–Kier alpha value is -4.11. The molecule has 33 heavy (non-hydrogen) atoms. The first-order valence-corrected chi connectivity index (χ1v) is 10.8. The lowest BCUT2D eigenvalue weighted by Crippen LogP contribution is -2.29. The number of anilines is 1. The van der Waals surface area contributed by atoms with E-state index in [4.69, 9.17) is 4.74 Å². The molecule has 1 amide bonds. The van der Waals surface area contributed by atoms with E-state index < -0.39 is 23.5 Å². The van der Waals surface area contributed by atoms with E-state index in [1.54, 1.807) is 37.4 Å². The monoisotopic (exact) mass is 461 g/mol. The summed E-state index contributed by atoms with van der Waals surface area (Å²) >= 11 is 1.06. The summed E-state index contributed by atoms with van der Waals surface area (Å²) in [5.41, 5.74) is 1.96. The van der Waals surface area contributed by atoms with Crippen molar-refractivity contribution in [3.8, 4) is 5.75 Å². The quantitative estimate of drug-likeness (QED) is 0.274. The van der Waals surface area contributed by atoms with Crippen LogP contribution in [0.3, 0.4) is 0 Å². The van der Waals surface area contributed by atoms with Gasteiger partial charge in [-0.15, -0.1) is 10.2 Å². The number of halogens is 1. The number of hydrogen-bond acceptors (Lipinski definition) is 7. The Morgan fingerprint density at radius 3 is 2.61 bits per heavy atom. The van der Waals surface area contributed by atoms with E-state index in [0.29, 0.717) is 16.9 Å². The maximum Gasteiger partial charge on any atom is 0.301 e. The Morgan fingerprint density at radius 1 is 1.09 bits per heavy atom. The lowest BCUT2D eigenvalue weighted by atomic mass is 9.94. The summed E-state index contributed by atoms with van der Waals surface area (Å²) in [6.07, 6.45) is 0. The van der Waals surface area contributed by atoms with Crippen LogP contribution in [0.1, 0.15) is 17.2 Å². The number of aromatic nitrogens is 2. The van der Waals surface area contributed by atoms with Gasteiger partial charge in [0.1, 0.15) is 22.8 Å². The number of methoxy groups -OCH3 is 1. The Labute approximate surface area is 191 Å². The highest BCUT2D eigenvalue weighted by atomic mass is 32.1. The maximum absolute atomic E-state index is 14.1. The minimum atomic E-state index is -1.06. The predicted molar refractivity (Wildman–Crippen MR) is 122 cm³/mol. The topological polar surface area (TPSA) is 92.6 Å². The summed E-state index contributed by atoms with van der Waals surface area (Å²) in [6, 6.07) is 15.1. The van der Waals surface area contributed by atoms with E-state index in [0.717, 1.165) is 27.0 Å². The average molecular weight is 461 g/mol. The van der Waals surface area contributed by atoms with Gasteiger partial charge in [-0.05, 0) is 46.7 Å². The molecular weight excluding hydrogens is 445 g/mol. The second-order valence-electron chi connectivity index (χ2n) is 7.37. The molecule has 1 N–H and O–H groups in total. The summed E-state index contributed by atoms with van der Waals surface area (Å²) in [7, 11) is 1.57. The molecule has 164 valence electrons. The van der Waals surface area contributed by atoms with Gasteiger partial charge in [-0.1, -0.05) is 41.7 Å². The molecule has 1 atom stereocenters. The van der Waals surface area contributed by atoms with Crippen molar-refractivity contribution >= 4 is 44.7 Å². The number of carbonyl (C=O) groups is 2. The minimum Gasteiger partial charge on any atom is -0.507 e. The van der Waals surface area contributed by atoms with Gasteiger partial charge >= 0.3 is 5.91 Å². The fourth-order valence-corrected chi connectivity index (χ4v) is 4.53. The molecular formula is C24H16FN3O4S. The first kappa shape index (κ1) is 20.8. The number of carbonyl (C=O) groups excluding carboxylic acids is 2. The van der Waals surface area contributed by atoms with Crippen LogP contribution in [0, 0.1) is 5.82 Å². The van der Waals surface area contributed by atoms with Crippen molar-refractivity contribution in [2.45, 2.75) is 6.04 Å². The van der Waals surface area contributed by atoms with Crippen molar-refractivity contribution in [1.29, 1.82) is 0 Å². The van der Waals surface area contributed by atoms with Gasteiger partial charge in [-0.25, -0.2) is 4.39 Å². The van der Waals surface area contributed by atoms with Crippen LogP contribution < -0.4 is 9.64 Å². The fraction of sp³-hybridized carbons (Fsp3) is 0.0833. The summed E-state index contributed by atoms with van der Waals surface area (Å²) in [4.78, 5) is 27.2. The predicted octanol–water partition coefficient (Wildman–Crippen LogP) is 4.47. The van der Waals surface area contributed by atoms with Crippen LogP contribution in [-0.4, -0.2) is 34.1 Å². The van der Waals surface area contributed by atoms with Crippen molar-refractivity contribution in [2.24, 2.45) is 0 Å². The number of amides is 1. The number of aliphatic hydroxyl groups excluding tert-OH is 1. The molecule has 5 rings (SSSR count). The Morgan fingerprint density at radius 2 is 1.88 bits per heavy atom. The first-order chi connectivity index (χ1) is 16.0. The van der Waals surface area contributed by atoms with E-state index >= 15 is 0 Å². The SMILES string of the molecule is COc1ccc2cc(/C(O)=C3\C(=O)C(=O)N(c4nncs4)C3c3cccc(F)c3)ccc2c1. The van der Waals surface area contributed by atoms with E-state index in [-0.39, 0.29) is 16.5 Å². The fourth-order valence-electron chi connectivity index (χ4n) is 3.95. The average Bonchev–Trinajstić information content (AvgIpc) is 3.44. The standard InChI is InChI=1S/C24H16FN3O4S/c1-32-18-8-7-13-9-16(6-5-14(13)11-18)21(29)19-20(15-3-2-4-17(25)10-15)28(23(31)22(19)30)24-27-26-12-33-24/h2-12,20,29H,1H3/b21-19+. The van der Waals surface area contributed by atoms with Crippen molar-refractivity contribution < 1.29 is 23.8 Å². The lowest BCUT2D eigenvalue weighted by molar-refractivity contribution is -0.132. The number of nitrogens with zero attached hydrogens (tertiary/aromatic N) is 3. The molecule has 3 aromatic carbocycles. The molecule has 0 spiro atoms. The molecule has 9 heteroatoms. The molecule has 7 nitrogen and oxygen atoms in total.